The van der Waals surface area contributed by atoms with Gasteiger partial charge in [-0.1, -0.05) is 17.7 Å². The van der Waals surface area contributed by atoms with E-state index in [1.165, 1.54) is 12.1 Å². The van der Waals surface area contributed by atoms with Gasteiger partial charge in [0.1, 0.15) is 17.6 Å². The molecule has 0 atom stereocenters. The number of piperazine rings is 1. The number of rotatable bonds is 3. The first kappa shape index (κ1) is 16.6. The summed E-state index contributed by atoms with van der Waals surface area (Å²) in [5.41, 5.74) is 2.10. The van der Waals surface area contributed by atoms with Crippen molar-refractivity contribution in [1.82, 2.24) is 14.9 Å². The van der Waals surface area contributed by atoms with Crippen molar-refractivity contribution in [2.75, 3.05) is 31.1 Å². The zero-order chi connectivity index (χ0) is 17.1. The lowest BCUT2D eigenvalue weighted by molar-refractivity contribution is 0.248. The minimum Gasteiger partial charge on any atom is -0.338 e. The lowest BCUT2D eigenvalue weighted by Crippen LogP contribution is -2.46. The van der Waals surface area contributed by atoms with Crippen LogP contribution in [0.5, 0.6) is 0 Å². The van der Waals surface area contributed by atoms with Crippen molar-refractivity contribution in [3.63, 3.8) is 0 Å². The van der Waals surface area contributed by atoms with Crippen LogP contribution in [0.1, 0.15) is 17.0 Å². The summed E-state index contributed by atoms with van der Waals surface area (Å²) >= 11 is 6.10. The Balaban J connectivity index is 1.64. The summed E-state index contributed by atoms with van der Waals surface area (Å²) in [6, 6.07) is 8.25. The van der Waals surface area contributed by atoms with Gasteiger partial charge in [0.15, 0.2) is 0 Å². The number of anilines is 1. The molecule has 2 aromatic rings. The molecular formula is C17H17ClFN5. The molecule has 0 saturated carbocycles. The number of benzene rings is 1. The molecular weight excluding hydrogens is 329 g/mol. The smallest absolute Gasteiger partial charge is 0.226 e. The van der Waals surface area contributed by atoms with E-state index >= 15 is 0 Å². The Morgan fingerprint density at radius 1 is 1.21 bits per heavy atom. The van der Waals surface area contributed by atoms with E-state index in [0.717, 1.165) is 37.4 Å². The van der Waals surface area contributed by atoms with Crippen molar-refractivity contribution in [3.05, 3.63) is 52.1 Å². The Bertz CT molecular complexity index is 781. The number of halogens is 2. The summed E-state index contributed by atoms with van der Waals surface area (Å²) in [7, 11) is 0. The molecule has 1 aromatic heterocycles. The second kappa shape index (κ2) is 7.12. The number of nitriles is 1. The molecule has 1 saturated heterocycles. The summed E-state index contributed by atoms with van der Waals surface area (Å²) in [5.74, 6) is 0.282. The topological polar surface area (TPSA) is 56.1 Å². The Labute approximate surface area is 145 Å². The SMILES string of the molecule is Cc1cc(C#N)nc(N2CCN(Cc3ccc(F)cc3Cl)CC2)n1. The van der Waals surface area contributed by atoms with Gasteiger partial charge in [-0.25, -0.2) is 14.4 Å². The third-order valence-electron chi connectivity index (χ3n) is 4.02. The van der Waals surface area contributed by atoms with Crippen LogP contribution in [0.3, 0.4) is 0 Å². The van der Waals surface area contributed by atoms with Gasteiger partial charge >= 0.3 is 0 Å². The summed E-state index contributed by atoms with van der Waals surface area (Å²) in [4.78, 5) is 13.0. The van der Waals surface area contributed by atoms with Gasteiger partial charge < -0.3 is 4.90 Å². The van der Waals surface area contributed by atoms with Gasteiger partial charge in [-0.2, -0.15) is 5.26 Å². The summed E-state index contributed by atoms with van der Waals surface area (Å²) in [6.07, 6.45) is 0. The number of nitrogens with zero attached hydrogens (tertiary/aromatic N) is 5. The zero-order valence-electron chi connectivity index (χ0n) is 13.3. The van der Waals surface area contributed by atoms with Gasteiger partial charge in [0.2, 0.25) is 5.95 Å². The maximum Gasteiger partial charge on any atom is 0.226 e. The van der Waals surface area contributed by atoms with Gasteiger partial charge in [0.25, 0.3) is 0 Å². The largest absolute Gasteiger partial charge is 0.338 e. The first-order chi connectivity index (χ1) is 11.5. The van der Waals surface area contributed by atoms with Crippen LogP contribution >= 0.6 is 11.6 Å². The second-order valence-corrected chi connectivity index (χ2v) is 6.21. The minimum atomic E-state index is -0.321. The molecule has 0 N–H and O–H groups in total. The van der Waals surface area contributed by atoms with E-state index in [1.54, 1.807) is 12.1 Å². The summed E-state index contributed by atoms with van der Waals surface area (Å²) < 4.78 is 13.1. The molecule has 7 heteroatoms. The van der Waals surface area contributed by atoms with Crippen LogP contribution in [0.4, 0.5) is 10.3 Å². The third kappa shape index (κ3) is 3.81. The highest BCUT2D eigenvalue weighted by Gasteiger charge is 2.20. The lowest BCUT2D eigenvalue weighted by atomic mass is 10.2. The van der Waals surface area contributed by atoms with E-state index in [0.29, 0.717) is 23.2 Å². The van der Waals surface area contributed by atoms with E-state index in [4.69, 9.17) is 16.9 Å². The molecule has 2 heterocycles. The number of aryl methyl sites for hydroxylation is 1. The van der Waals surface area contributed by atoms with Crippen molar-refractivity contribution < 1.29 is 4.39 Å². The fourth-order valence-corrected chi connectivity index (χ4v) is 2.98. The standard InChI is InChI=1S/C17H17ClFN5/c1-12-8-15(10-20)22-17(21-12)24-6-4-23(5-7-24)11-13-2-3-14(19)9-16(13)18/h2-3,8-9H,4-7,11H2,1H3. The molecule has 0 spiro atoms. The van der Waals surface area contributed by atoms with Gasteiger partial charge in [-0.05, 0) is 30.7 Å². The maximum absolute atomic E-state index is 13.1. The van der Waals surface area contributed by atoms with E-state index < -0.39 is 0 Å². The zero-order valence-corrected chi connectivity index (χ0v) is 14.1. The van der Waals surface area contributed by atoms with E-state index in [9.17, 15) is 4.39 Å². The second-order valence-electron chi connectivity index (χ2n) is 5.81. The Hall–Kier alpha value is -2.23. The van der Waals surface area contributed by atoms with Crippen molar-refractivity contribution in [3.8, 4) is 6.07 Å². The van der Waals surface area contributed by atoms with Gasteiger partial charge in [0.05, 0.1) is 0 Å². The van der Waals surface area contributed by atoms with Crippen molar-refractivity contribution in [1.29, 1.82) is 5.26 Å². The van der Waals surface area contributed by atoms with Gasteiger partial charge in [0, 0.05) is 43.4 Å². The highest BCUT2D eigenvalue weighted by molar-refractivity contribution is 6.31. The predicted octanol–water partition coefficient (Wildman–Crippen LogP) is 2.77. The van der Waals surface area contributed by atoms with Crippen molar-refractivity contribution in [2.45, 2.75) is 13.5 Å². The number of hydrogen-bond acceptors (Lipinski definition) is 5. The third-order valence-corrected chi connectivity index (χ3v) is 4.37. The molecule has 1 aliphatic heterocycles. The first-order valence-corrected chi connectivity index (χ1v) is 8.10. The average Bonchev–Trinajstić information content (AvgIpc) is 2.57. The molecule has 0 bridgehead atoms. The monoisotopic (exact) mass is 345 g/mol. The fraction of sp³-hybridized carbons (Fsp3) is 0.353. The van der Waals surface area contributed by atoms with Crippen LogP contribution in [-0.4, -0.2) is 41.0 Å². The van der Waals surface area contributed by atoms with Crippen LogP contribution in [0.15, 0.2) is 24.3 Å². The molecule has 24 heavy (non-hydrogen) atoms. The normalized spacial score (nSPS) is 15.3. The predicted molar refractivity (Wildman–Crippen MR) is 90.4 cm³/mol. The highest BCUT2D eigenvalue weighted by atomic mass is 35.5. The molecule has 1 fully saturated rings. The molecule has 0 radical (unpaired) electrons. The van der Waals surface area contributed by atoms with Crippen molar-refractivity contribution in [2.24, 2.45) is 0 Å². The molecule has 5 nitrogen and oxygen atoms in total. The van der Waals surface area contributed by atoms with Crippen LogP contribution in [0, 0.1) is 24.1 Å². The highest BCUT2D eigenvalue weighted by Crippen LogP contribution is 2.20. The van der Waals surface area contributed by atoms with E-state index in [2.05, 4.69) is 25.8 Å². The summed E-state index contributed by atoms with van der Waals surface area (Å²) in [6.45, 7) is 5.74. The molecule has 1 aromatic carbocycles. The van der Waals surface area contributed by atoms with Crippen LogP contribution in [0.2, 0.25) is 5.02 Å². The number of hydrogen-bond donors (Lipinski definition) is 0. The molecule has 124 valence electrons. The Morgan fingerprint density at radius 3 is 2.62 bits per heavy atom. The first-order valence-electron chi connectivity index (χ1n) is 7.72. The average molecular weight is 346 g/mol. The summed E-state index contributed by atoms with van der Waals surface area (Å²) in [5, 5.41) is 9.49. The molecule has 1 aliphatic rings. The number of aromatic nitrogens is 2. The van der Waals surface area contributed by atoms with Crippen LogP contribution in [0.25, 0.3) is 0 Å². The van der Waals surface area contributed by atoms with Gasteiger partial charge in [-0.3, -0.25) is 4.90 Å². The lowest BCUT2D eigenvalue weighted by Gasteiger charge is -2.35. The fourth-order valence-electron chi connectivity index (χ4n) is 2.75. The quantitative estimate of drug-likeness (QED) is 0.856. The maximum atomic E-state index is 13.1. The van der Waals surface area contributed by atoms with Crippen LogP contribution in [-0.2, 0) is 6.54 Å². The molecule has 3 rings (SSSR count). The molecule has 0 unspecified atom stereocenters. The Kier molecular flexibility index (Phi) is 4.93. The molecule has 0 aliphatic carbocycles. The van der Waals surface area contributed by atoms with E-state index in [-0.39, 0.29) is 5.82 Å². The molecule has 0 amide bonds. The van der Waals surface area contributed by atoms with Crippen molar-refractivity contribution >= 4 is 17.5 Å². The Morgan fingerprint density at radius 2 is 1.96 bits per heavy atom. The van der Waals surface area contributed by atoms with E-state index in [1.807, 2.05) is 6.92 Å². The van der Waals surface area contributed by atoms with Gasteiger partial charge in [-0.15, -0.1) is 0 Å². The van der Waals surface area contributed by atoms with Crippen LogP contribution < -0.4 is 4.90 Å². The minimum absolute atomic E-state index is 0.321.